The average molecular weight is 310 g/mol. The van der Waals surface area contributed by atoms with Gasteiger partial charge in [0.2, 0.25) is 0 Å². The molecule has 0 aliphatic rings. The molecule has 3 aromatic rings. The smallest absolute Gasteiger partial charge is 0.251 e. The lowest BCUT2D eigenvalue weighted by Gasteiger charge is -2.13. The number of benzene rings is 1. The monoisotopic (exact) mass is 310 g/mol. The van der Waals surface area contributed by atoms with Gasteiger partial charge in [-0.05, 0) is 19.1 Å². The predicted octanol–water partition coefficient (Wildman–Crippen LogP) is 1.71. The molecule has 23 heavy (non-hydrogen) atoms. The van der Waals surface area contributed by atoms with Gasteiger partial charge in [0, 0.05) is 37.6 Å². The number of nitrogens with one attached hydrogen (secondary N) is 1. The van der Waals surface area contributed by atoms with Crippen LogP contribution in [0.15, 0.2) is 43.0 Å². The Morgan fingerprint density at radius 1 is 1.26 bits per heavy atom. The number of amides is 1. The van der Waals surface area contributed by atoms with Gasteiger partial charge < -0.3 is 14.5 Å². The zero-order valence-electron chi connectivity index (χ0n) is 13.3. The van der Waals surface area contributed by atoms with Crippen molar-refractivity contribution >= 4 is 5.91 Å². The fourth-order valence-electron chi connectivity index (χ4n) is 2.47. The third-order valence-corrected chi connectivity index (χ3v) is 3.69. The number of hydrogen-bond donors (Lipinski definition) is 1. The molecule has 1 N–H and O–H groups in total. The van der Waals surface area contributed by atoms with Gasteiger partial charge in [-0.3, -0.25) is 4.79 Å². The van der Waals surface area contributed by atoms with Crippen LogP contribution in [0.5, 0.6) is 0 Å². The van der Waals surface area contributed by atoms with Crippen LogP contribution in [-0.2, 0) is 14.1 Å². The lowest BCUT2D eigenvalue weighted by atomic mass is 10.1. The SMILES string of the molecule is CC(NC(=O)c1cccc(-c2nccn2C)c1)c1nncn1C. The Morgan fingerprint density at radius 3 is 2.74 bits per heavy atom. The maximum Gasteiger partial charge on any atom is 0.251 e. The molecule has 1 amide bonds. The van der Waals surface area contributed by atoms with Crippen molar-refractivity contribution < 1.29 is 4.79 Å². The third kappa shape index (κ3) is 2.98. The molecule has 0 bridgehead atoms. The van der Waals surface area contributed by atoms with Crippen LogP contribution in [0.4, 0.5) is 0 Å². The summed E-state index contributed by atoms with van der Waals surface area (Å²) < 4.78 is 3.70. The van der Waals surface area contributed by atoms with Crippen molar-refractivity contribution in [3.63, 3.8) is 0 Å². The molecule has 118 valence electrons. The fourth-order valence-corrected chi connectivity index (χ4v) is 2.47. The van der Waals surface area contributed by atoms with E-state index in [1.54, 1.807) is 23.2 Å². The van der Waals surface area contributed by atoms with Crippen molar-refractivity contribution in [3.8, 4) is 11.4 Å². The van der Waals surface area contributed by atoms with Gasteiger partial charge in [-0.1, -0.05) is 12.1 Å². The molecule has 2 aromatic heterocycles. The van der Waals surface area contributed by atoms with Crippen molar-refractivity contribution in [2.75, 3.05) is 0 Å². The highest BCUT2D eigenvalue weighted by Gasteiger charge is 2.16. The number of aryl methyl sites for hydroxylation is 2. The van der Waals surface area contributed by atoms with Crippen LogP contribution in [0.2, 0.25) is 0 Å². The molecule has 7 heteroatoms. The van der Waals surface area contributed by atoms with Gasteiger partial charge in [0.25, 0.3) is 5.91 Å². The van der Waals surface area contributed by atoms with E-state index in [0.717, 1.165) is 11.4 Å². The van der Waals surface area contributed by atoms with E-state index in [1.165, 1.54) is 0 Å². The summed E-state index contributed by atoms with van der Waals surface area (Å²) in [6, 6.07) is 7.18. The molecule has 0 aliphatic heterocycles. The quantitative estimate of drug-likeness (QED) is 0.796. The Hall–Kier alpha value is -2.96. The molecule has 0 spiro atoms. The Bertz CT molecular complexity index is 834. The summed E-state index contributed by atoms with van der Waals surface area (Å²) in [6.07, 6.45) is 5.22. The highest BCUT2D eigenvalue weighted by Crippen LogP contribution is 2.18. The lowest BCUT2D eigenvalue weighted by Crippen LogP contribution is -2.28. The van der Waals surface area contributed by atoms with Crippen molar-refractivity contribution in [1.82, 2.24) is 29.6 Å². The molecule has 3 rings (SSSR count). The van der Waals surface area contributed by atoms with E-state index in [-0.39, 0.29) is 11.9 Å². The molecular weight excluding hydrogens is 292 g/mol. The van der Waals surface area contributed by atoms with Crippen molar-refractivity contribution in [3.05, 3.63) is 54.4 Å². The van der Waals surface area contributed by atoms with Crippen LogP contribution in [0.3, 0.4) is 0 Å². The van der Waals surface area contributed by atoms with Crippen LogP contribution in [-0.4, -0.2) is 30.2 Å². The zero-order valence-corrected chi connectivity index (χ0v) is 13.3. The molecule has 0 radical (unpaired) electrons. The van der Waals surface area contributed by atoms with E-state index in [0.29, 0.717) is 11.4 Å². The Labute approximate surface area is 134 Å². The van der Waals surface area contributed by atoms with Gasteiger partial charge in [0.05, 0.1) is 6.04 Å². The van der Waals surface area contributed by atoms with E-state index in [4.69, 9.17) is 0 Å². The van der Waals surface area contributed by atoms with Crippen LogP contribution in [0, 0.1) is 0 Å². The summed E-state index contributed by atoms with van der Waals surface area (Å²) in [5.74, 6) is 1.37. The number of nitrogens with zero attached hydrogens (tertiary/aromatic N) is 5. The Kier molecular flexibility index (Phi) is 3.92. The molecule has 1 aromatic carbocycles. The predicted molar refractivity (Wildman–Crippen MR) is 85.5 cm³/mol. The van der Waals surface area contributed by atoms with E-state index >= 15 is 0 Å². The fraction of sp³-hybridized carbons (Fsp3) is 0.250. The third-order valence-electron chi connectivity index (χ3n) is 3.69. The van der Waals surface area contributed by atoms with Crippen LogP contribution >= 0.6 is 0 Å². The standard InChI is InChI=1S/C16H18N6O/c1-11(14-20-18-10-22(14)3)19-16(23)13-6-4-5-12(9-13)15-17-7-8-21(15)2/h4-11H,1-3H3,(H,19,23). The van der Waals surface area contributed by atoms with Gasteiger partial charge in [-0.2, -0.15) is 0 Å². The number of hydrogen-bond acceptors (Lipinski definition) is 4. The zero-order chi connectivity index (χ0) is 16.4. The van der Waals surface area contributed by atoms with Crippen LogP contribution in [0.1, 0.15) is 29.1 Å². The minimum atomic E-state index is -0.230. The number of carbonyl (C=O) groups excluding carboxylic acids is 1. The molecule has 2 heterocycles. The summed E-state index contributed by atoms with van der Waals surface area (Å²) in [4.78, 5) is 16.8. The average Bonchev–Trinajstić information content (AvgIpc) is 3.15. The maximum atomic E-state index is 12.5. The van der Waals surface area contributed by atoms with Crippen molar-refractivity contribution in [2.24, 2.45) is 14.1 Å². The van der Waals surface area contributed by atoms with Gasteiger partial charge in [0.1, 0.15) is 12.2 Å². The van der Waals surface area contributed by atoms with Gasteiger partial charge in [-0.25, -0.2) is 4.98 Å². The summed E-state index contributed by atoms with van der Waals surface area (Å²) in [6.45, 7) is 1.88. The summed E-state index contributed by atoms with van der Waals surface area (Å²) in [7, 11) is 3.77. The van der Waals surface area contributed by atoms with E-state index in [1.807, 2.05) is 50.0 Å². The topological polar surface area (TPSA) is 77.6 Å². The van der Waals surface area contributed by atoms with E-state index in [2.05, 4.69) is 20.5 Å². The van der Waals surface area contributed by atoms with Crippen molar-refractivity contribution in [1.29, 1.82) is 0 Å². The first kappa shape index (κ1) is 15.0. The number of carbonyl (C=O) groups is 1. The van der Waals surface area contributed by atoms with Gasteiger partial charge in [-0.15, -0.1) is 10.2 Å². The first-order valence-corrected chi connectivity index (χ1v) is 7.29. The molecule has 0 fully saturated rings. The lowest BCUT2D eigenvalue weighted by molar-refractivity contribution is 0.0938. The van der Waals surface area contributed by atoms with Gasteiger partial charge >= 0.3 is 0 Å². The van der Waals surface area contributed by atoms with E-state index in [9.17, 15) is 4.79 Å². The first-order chi connectivity index (χ1) is 11.1. The Balaban J connectivity index is 1.81. The normalized spacial score (nSPS) is 12.1. The molecule has 1 atom stereocenters. The highest BCUT2D eigenvalue weighted by molar-refractivity contribution is 5.95. The molecular formula is C16H18N6O. The molecule has 0 aliphatic carbocycles. The molecule has 7 nitrogen and oxygen atoms in total. The highest BCUT2D eigenvalue weighted by atomic mass is 16.1. The first-order valence-electron chi connectivity index (χ1n) is 7.29. The summed E-state index contributed by atoms with van der Waals surface area (Å²) >= 11 is 0. The second-order valence-electron chi connectivity index (χ2n) is 5.44. The number of imidazole rings is 1. The molecule has 0 saturated carbocycles. The second-order valence-corrected chi connectivity index (χ2v) is 5.44. The number of rotatable bonds is 4. The van der Waals surface area contributed by atoms with Crippen LogP contribution < -0.4 is 5.32 Å². The van der Waals surface area contributed by atoms with Gasteiger partial charge in [0.15, 0.2) is 5.82 Å². The number of aromatic nitrogens is 5. The minimum absolute atomic E-state index is 0.156. The Morgan fingerprint density at radius 2 is 2.09 bits per heavy atom. The maximum absolute atomic E-state index is 12.5. The second kappa shape index (κ2) is 6.04. The summed E-state index contributed by atoms with van der Waals surface area (Å²) in [5.41, 5.74) is 1.48. The van der Waals surface area contributed by atoms with Crippen molar-refractivity contribution in [2.45, 2.75) is 13.0 Å². The minimum Gasteiger partial charge on any atom is -0.342 e. The molecule has 1 unspecified atom stereocenters. The molecule has 0 saturated heterocycles. The largest absolute Gasteiger partial charge is 0.342 e. The van der Waals surface area contributed by atoms with E-state index < -0.39 is 0 Å². The van der Waals surface area contributed by atoms with Crippen LogP contribution in [0.25, 0.3) is 11.4 Å². The summed E-state index contributed by atoms with van der Waals surface area (Å²) in [5, 5.41) is 10.8.